The number of likely N-dealkylation sites (N-methyl/N-ethyl adjacent to an activating group) is 1. The smallest absolute Gasteiger partial charge is 0.515 e. The number of quaternary nitrogens is 1. The van der Waals surface area contributed by atoms with Gasteiger partial charge in [0.05, 0.1) is 26.7 Å². The topological polar surface area (TPSA) is 66.4 Å². The second-order valence-electron chi connectivity index (χ2n) is 7.93. The van der Waals surface area contributed by atoms with E-state index in [1.54, 1.807) is 0 Å². The number of aliphatic carboxylic acids is 1. The van der Waals surface area contributed by atoms with E-state index in [9.17, 15) is 14.7 Å². The van der Waals surface area contributed by atoms with Gasteiger partial charge < -0.3 is 27.0 Å². The van der Waals surface area contributed by atoms with Crippen LogP contribution in [-0.4, -0.2) is 43.8 Å². The van der Waals surface area contributed by atoms with Gasteiger partial charge in [0.2, 0.25) is 0 Å². The molecular formula is C21H41ClNO4-. The molecule has 0 saturated heterocycles. The first-order chi connectivity index (χ1) is 12.4. The van der Waals surface area contributed by atoms with E-state index in [1.807, 2.05) is 0 Å². The minimum atomic E-state index is -1.25. The van der Waals surface area contributed by atoms with E-state index >= 15 is 0 Å². The predicted octanol–water partition coefficient (Wildman–Crippen LogP) is 1.43. The zero-order chi connectivity index (χ0) is 19.7. The molecule has 0 saturated carbocycles. The second kappa shape index (κ2) is 18.5. The number of amides is 1. The third-order valence-electron chi connectivity index (χ3n) is 4.74. The monoisotopic (exact) mass is 406 g/mol. The van der Waals surface area contributed by atoms with Gasteiger partial charge in [-0.3, -0.25) is 0 Å². The molecule has 0 aliphatic rings. The van der Waals surface area contributed by atoms with Crippen LogP contribution in [-0.2, 0) is 9.53 Å². The number of rotatable bonds is 17. The van der Waals surface area contributed by atoms with Crippen LogP contribution in [0.4, 0.5) is 4.79 Å². The minimum Gasteiger partial charge on any atom is -1.00 e. The molecule has 5 nitrogen and oxygen atoms in total. The summed E-state index contributed by atoms with van der Waals surface area (Å²) in [5, 5.41) is 10.6. The molecule has 0 heterocycles. The summed E-state index contributed by atoms with van der Waals surface area (Å²) in [6.45, 7) is 2.26. The Morgan fingerprint density at radius 1 is 0.741 bits per heavy atom. The Hall–Kier alpha value is -0.810. The van der Waals surface area contributed by atoms with Crippen molar-refractivity contribution in [3.05, 3.63) is 0 Å². The van der Waals surface area contributed by atoms with Crippen LogP contribution in [0.5, 0.6) is 0 Å². The Morgan fingerprint density at radius 3 is 1.48 bits per heavy atom. The highest BCUT2D eigenvalue weighted by Gasteiger charge is 2.28. The minimum absolute atomic E-state index is 0. The number of nitrogens with zero attached hydrogens (tertiary/aromatic N) is 1. The van der Waals surface area contributed by atoms with Crippen LogP contribution in [0.15, 0.2) is 0 Å². The first-order valence-electron chi connectivity index (χ1n) is 10.6. The van der Waals surface area contributed by atoms with Crippen LogP contribution < -0.4 is 17.5 Å². The average molecular weight is 407 g/mol. The number of unbranched alkanes of at least 4 members (excludes halogenated alkanes) is 13. The number of halogens is 1. The Labute approximate surface area is 172 Å². The number of carbonyl (C=O) groups is 2. The molecule has 0 atom stereocenters. The molecule has 0 aromatic carbocycles. The van der Waals surface area contributed by atoms with E-state index in [0.29, 0.717) is 6.61 Å². The molecule has 0 aliphatic carbocycles. The number of carboxylic acid groups (broad SMARTS) is 1. The van der Waals surface area contributed by atoms with Crippen molar-refractivity contribution < 1.29 is 36.3 Å². The Bertz CT molecular complexity index is 375. The van der Waals surface area contributed by atoms with Crippen molar-refractivity contribution in [2.24, 2.45) is 0 Å². The van der Waals surface area contributed by atoms with E-state index in [0.717, 1.165) is 12.8 Å². The van der Waals surface area contributed by atoms with Gasteiger partial charge in [-0.1, -0.05) is 90.4 Å². The second-order valence-corrected chi connectivity index (χ2v) is 7.93. The maximum Gasteiger partial charge on any atom is 0.515 e. The molecular weight excluding hydrogens is 366 g/mol. The highest BCUT2D eigenvalue weighted by molar-refractivity contribution is 5.69. The van der Waals surface area contributed by atoms with E-state index in [4.69, 9.17) is 4.74 Å². The number of carbonyl (C=O) groups excluding carboxylic acids is 2. The summed E-state index contributed by atoms with van der Waals surface area (Å²) in [7, 11) is 3.03. The normalized spacial score (nSPS) is 11.1. The fourth-order valence-electron chi connectivity index (χ4n) is 3.02. The van der Waals surface area contributed by atoms with Gasteiger partial charge in [0, 0.05) is 0 Å². The standard InChI is InChI=1S/C21H41NO4.ClH/c1-4-5-6-7-8-9-10-11-12-13-14-15-16-17-18-26-21(25)22(2,3)19-20(23)24;/h4-19H2,1-3H3;1H/p-1. The van der Waals surface area contributed by atoms with Gasteiger partial charge in [-0.05, 0) is 6.42 Å². The lowest BCUT2D eigenvalue weighted by atomic mass is 10.0. The summed E-state index contributed by atoms with van der Waals surface area (Å²) in [6.07, 6.45) is 17.5. The summed E-state index contributed by atoms with van der Waals surface area (Å²) in [5.41, 5.74) is 0. The maximum atomic E-state index is 11.8. The van der Waals surface area contributed by atoms with Crippen LogP contribution in [0.3, 0.4) is 0 Å². The van der Waals surface area contributed by atoms with Crippen molar-refractivity contribution in [1.82, 2.24) is 0 Å². The Kier molecular flexibility index (Phi) is 19.5. The molecule has 0 N–H and O–H groups in total. The van der Waals surface area contributed by atoms with E-state index in [2.05, 4.69) is 6.92 Å². The van der Waals surface area contributed by atoms with Crippen molar-refractivity contribution >= 4 is 12.1 Å². The van der Waals surface area contributed by atoms with E-state index < -0.39 is 12.1 Å². The number of carboxylic acids is 1. The van der Waals surface area contributed by atoms with Crippen molar-refractivity contribution in [2.45, 2.75) is 96.8 Å². The van der Waals surface area contributed by atoms with Crippen LogP contribution in [0, 0.1) is 0 Å². The van der Waals surface area contributed by atoms with Crippen molar-refractivity contribution in [1.29, 1.82) is 0 Å². The molecule has 27 heavy (non-hydrogen) atoms. The molecule has 0 aromatic rings. The van der Waals surface area contributed by atoms with Gasteiger partial charge in [-0.2, -0.15) is 4.79 Å². The lowest BCUT2D eigenvalue weighted by molar-refractivity contribution is -0.811. The molecule has 0 bridgehead atoms. The molecule has 1 amide bonds. The van der Waals surface area contributed by atoms with Crippen LogP contribution in [0.2, 0.25) is 0 Å². The van der Waals surface area contributed by atoms with E-state index in [-0.39, 0.29) is 23.4 Å². The van der Waals surface area contributed by atoms with Gasteiger partial charge >= 0.3 is 6.09 Å². The zero-order valence-electron chi connectivity index (χ0n) is 17.8. The largest absolute Gasteiger partial charge is 1.00 e. The van der Waals surface area contributed by atoms with Gasteiger partial charge in [0.25, 0.3) is 0 Å². The fraction of sp³-hybridized carbons (Fsp3) is 0.905. The Morgan fingerprint density at radius 2 is 1.11 bits per heavy atom. The van der Waals surface area contributed by atoms with Crippen LogP contribution >= 0.6 is 0 Å². The third-order valence-corrected chi connectivity index (χ3v) is 4.74. The molecule has 0 fully saturated rings. The zero-order valence-corrected chi connectivity index (χ0v) is 18.5. The number of ether oxygens (including phenoxy) is 1. The quantitative estimate of drug-likeness (QED) is 0.271. The molecule has 0 spiro atoms. The predicted molar refractivity (Wildman–Crippen MR) is 104 cm³/mol. The van der Waals surface area contributed by atoms with Crippen molar-refractivity contribution in [3.63, 3.8) is 0 Å². The average Bonchev–Trinajstić information content (AvgIpc) is 2.57. The molecule has 6 heteroatoms. The van der Waals surface area contributed by atoms with E-state index in [1.165, 1.54) is 91.1 Å². The highest BCUT2D eigenvalue weighted by Crippen LogP contribution is 2.13. The molecule has 0 aromatic heterocycles. The van der Waals surface area contributed by atoms with Crippen LogP contribution in [0.1, 0.15) is 96.8 Å². The van der Waals surface area contributed by atoms with Gasteiger partial charge in [0.1, 0.15) is 6.54 Å². The molecule has 0 aliphatic heterocycles. The third kappa shape index (κ3) is 18.3. The number of hydrogen-bond donors (Lipinski definition) is 0. The van der Waals surface area contributed by atoms with Gasteiger partial charge in [0.15, 0.2) is 0 Å². The lowest BCUT2D eigenvalue weighted by Crippen LogP contribution is -3.00. The molecule has 0 radical (unpaired) electrons. The SMILES string of the molecule is CCCCCCCCCCCCCCCCOC(=O)[N+](C)(C)CC(=O)[O-].[Cl-]. The van der Waals surface area contributed by atoms with Crippen molar-refractivity contribution in [3.8, 4) is 0 Å². The summed E-state index contributed by atoms with van der Waals surface area (Å²) in [6, 6.07) is 0. The molecule has 0 unspecified atom stereocenters. The number of hydrogen-bond acceptors (Lipinski definition) is 4. The summed E-state index contributed by atoms with van der Waals surface area (Å²) in [4.78, 5) is 22.4. The van der Waals surface area contributed by atoms with Crippen molar-refractivity contribution in [2.75, 3.05) is 27.2 Å². The molecule has 162 valence electrons. The maximum absolute atomic E-state index is 11.8. The first kappa shape index (κ1) is 28.4. The molecule has 0 rings (SSSR count). The van der Waals surface area contributed by atoms with Gasteiger partial charge in [-0.25, -0.2) is 4.48 Å². The first-order valence-corrected chi connectivity index (χ1v) is 10.6. The summed E-state index contributed by atoms with van der Waals surface area (Å²) < 4.78 is 4.82. The fourth-order valence-corrected chi connectivity index (χ4v) is 3.02. The highest BCUT2D eigenvalue weighted by atomic mass is 35.5. The van der Waals surface area contributed by atoms with Crippen LogP contribution in [0.25, 0.3) is 0 Å². The summed E-state index contributed by atoms with van der Waals surface area (Å²) >= 11 is 0. The lowest BCUT2D eigenvalue weighted by Gasteiger charge is -2.25. The Balaban J connectivity index is 0. The summed E-state index contributed by atoms with van der Waals surface area (Å²) in [5.74, 6) is -1.25. The van der Waals surface area contributed by atoms with Gasteiger partial charge in [-0.15, -0.1) is 0 Å².